The Morgan fingerprint density at radius 3 is 2.94 bits per heavy atom. The van der Waals surface area contributed by atoms with Crippen LogP contribution >= 0.6 is 0 Å². The van der Waals surface area contributed by atoms with Crippen LogP contribution in [0.25, 0.3) is 21.9 Å². The van der Waals surface area contributed by atoms with Crippen LogP contribution in [0.15, 0.2) is 42.9 Å². The number of aromatic nitrogens is 4. The third-order valence-corrected chi connectivity index (χ3v) is 7.28. The van der Waals surface area contributed by atoms with Crippen molar-refractivity contribution in [1.82, 2.24) is 19.5 Å². The molecule has 33 heavy (non-hydrogen) atoms. The molecular formula is C25H27N5O3. The van der Waals surface area contributed by atoms with Crippen LogP contribution in [0.2, 0.25) is 0 Å². The zero-order chi connectivity index (χ0) is 22.5. The first-order valence-electron chi connectivity index (χ1n) is 11.5. The minimum absolute atomic E-state index is 0.0118. The number of pyridine rings is 1. The fraction of sp³-hybridized carbons (Fsp3) is 0.400. The first-order valence-corrected chi connectivity index (χ1v) is 11.5. The van der Waals surface area contributed by atoms with Gasteiger partial charge in [0.1, 0.15) is 23.9 Å². The molecule has 0 saturated heterocycles. The Balaban J connectivity index is 1.20. The van der Waals surface area contributed by atoms with Gasteiger partial charge in [-0.05, 0) is 60.9 Å². The van der Waals surface area contributed by atoms with E-state index in [-0.39, 0.29) is 12.0 Å². The molecule has 6 rings (SSSR count). The van der Waals surface area contributed by atoms with Gasteiger partial charge in [-0.25, -0.2) is 9.97 Å². The number of hydrogen-bond acceptors (Lipinski definition) is 7. The van der Waals surface area contributed by atoms with Gasteiger partial charge in [0.15, 0.2) is 0 Å². The Bertz CT molecular complexity index is 1340. The molecule has 0 unspecified atom stereocenters. The minimum Gasteiger partial charge on any atom is -0.390 e. The van der Waals surface area contributed by atoms with Crippen LogP contribution < -0.4 is 5.73 Å². The molecule has 1 saturated carbocycles. The number of nitrogens with zero attached hydrogens (tertiary/aromatic N) is 4. The average molecular weight is 446 g/mol. The highest BCUT2D eigenvalue weighted by molar-refractivity contribution is 5.86. The van der Waals surface area contributed by atoms with Crippen molar-refractivity contribution in [2.75, 3.05) is 12.3 Å². The maximum Gasteiger partial charge on any atom is 0.145 e. The van der Waals surface area contributed by atoms with E-state index in [1.165, 1.54) is 17.5 Å². The molecule has 4 atom stereocenters. The summed E-state index contributed by atoms with van der Waals surface area (Å²) >= 11 is 0. The van der Waals surface area contributed by atoms with Crippen LogP contribution in [0.1, 0.15) is 35.7 Å². The van der Waals surface area contributed by atoms with Crippen LogP contribution in [-0.4, -0.2) is 48.5 Å². The molecule has 4 heterocycles. The SMILES string of the molecule is Nc1ncnc2c1ccn2[C@@H]1C[C@H](CCc2ccc3cc4c(nc3c2)COCC4)[C@@H](O)[C@H]1O. The van der Waals surface area contributed by atoms with Crippen molar-refractivity contribution in [2.24, 2.45) is 5.92 Å². The summed E-state index contributed by atoms with van der Waals surface area (Å²) in [6.45, 7) is 1.33. The lowest BCUT2D eigenvalue weighted by Crippen LogP contribution is -2.29. The number of aryl methyl sites for hydroxylation is 1. The molecule has 170 valence electrons. The highest BCUT2D eigenvalue weighted by Crippen LogP contribution is 2.39. The predicted molar refractivity (Wildman–Crippen MR) is 125 cm³/mol. The average Bonchev–Trinajstić information content (AvgIpc) is 3.38. The zero-order valence-corrected chi connectivity index (χ0v) is 18.3. The second-order valence-electron chi connectivity index (χ2n) is 9.23. The van der Waals surface area contributed by atoms with Crippen LogP contribution in [0.5, 0.6) is 0 Å². The summed E-state index contributed by atoms with van der Waals surface area (Å²) in [4.78, 5) is 13.2. The summed E-state index contributed by atoms with van der Waals surface area (Å²) in [5.41, 5.74) is 11.1. The van der Waals surface area contributed by atoms with Gasteiger partial charge in [0.05, 0.1) is 42.0 Å². The standard InChI is InChI=1S/C25H27N5O3/c26-24-18-5-7-30(25(18)28-13-27-24)21-11-17(22(31)23(21)32)4-2-14-1-3-15-10-16-6-8-33-12-20(16)29-19(15)9-14/h1,3,5,7,9-10,13,17,21-23,31-32H,2,4,6,8,11-12H2,(H2,26,27,28)/t17-,21+,22+,23-/m0/s1. The number of fused-ring (bicyclic) bond motifs is 3. The summed E-state index contributed by atoms with van der Waals surface area (Å²) < 4.78 is 7.48. The van der Waals surface area contributed by atoms with E-state index < -0.39 is 12.2 Å². The first kappa shape index (κ1) is 20.5. The third-order valence-electron chi connectivity index (χ3n) is 7.28. The number of aliphatic hydroxyl groups excluding tert-OH is 2. The van der Waals surface area contributed by atoms with Gasteiger partial charge in [-0.2, -0.15) is 0 Å². The number of aliphatic hydroxyl groups is 2. The molecule has 0 spiro atoms. The molecule has 4 aromatic rings. The summed E-state index contributed by atoms with van der Waals surface area (Å²) in [6, 6.07) is 10.3. The van der Waals surface area contributed by atoms with Gasteiger partial charge in [-0.3, -0.25) is 4.98 Å². The molecule has 8 heteroatoms. The Kier molecular flexibility index (Phi) is 5.01. The van der Waals surface area contributed by atoms with Gasteiger partial charge in [-0.1, -0.05) is 12.1 Å². The van der Waals surface area contributed by atoms with E-state index in [2.05, 4.69) is 34.2 Å². The maximum atomic E-state index is 10.8. The Morgan fingerprint density at radius 1 is 1.12 bits per heavy atom. The smallest absolute Gasteiger partial charge is 0.145 e. The molecule has 1 fully saturated rings. The van der Waals surface area contributed by atoms with Gasteiger partial charge in [0.25, 0.3) is 0 Å². The Labute approximate surface area is 191 Å². The third kappa shape index (κ3) is 3.55. The van der Waals surface area contributed by atoms with Gasteiger partial charge in [0.2, 0.25) is 0 Å². The normalized spacial score (nSPS) is 25.0. The highest BCUT2D eigenvalue weighted by Gasteiger charge is 2.42. The quantitative estimate of drug-likeness (QED) is 0.442. The molecular weight excluding hydrogens is 418 g/mol. The van der Waals surface area contributed by atoms with Gasteiger partial charge >= 0.3 is 0 Å². The van der Waals surface area contributed by atoms with Crippen molar-refractivity contribution in [2.45, 2.75) is 50.5 Å². The van der Waals surface area contributed by atoms with Crippen molar-refractivity contribution in [3.8, 4) is 0 Å². The van der Waals surface area contributed by atoms with Crippen molar-refractivity contribution in [1.29, 1.82) is 0 Å². The molecule has 0 radical (unpaired) electrons. The van der Waals surface area contributed by atoms with E-state index in [1.807, 2.05) is 16.8 Å². The summed E-state index contributed by atoms with van der Waals surface area (Å²) in [6.07, 6.45) is 4.85. The van der Waals surface area contributed by atoms with Gasteiger partial charge < -0.3 is 25.3 Å². The zero-order valence-electron chi connectivity index (χ0n) is 18.3. The monoisotopic (exact) mass is 445 g/mol. The Hall–Kier alpha value is -3.07. The molecule has 1 aromatic carbocycles. The number of benzene rings is 1. The fourth-order valence-corrected chi connectivity index (χ4v) is 5.42. The van der Waals surface area contributed by atoms with Crippen molar-refractivity contribution in [3.05, 3.63) is 59.7 Å². The van der Waals surface area contributed by atoms with Gasteiger partial charge in [0, 0.05) is 11.6 Å². The molecule has 4 N–H and O–H groups in total. The number of nitrogen functional groups attached to an aromatic ring is 1. The number of ether oxygens (including phenoxy) is 1. The van der Waals surface area contributed by atoms with Crippen molar-refractivity contribution < 1.29 is 14.9 Å². The molecule has 3 aromatic heterocycles. The molecule has 1 aliphatic carbocycles. The van der Waals surface area contributed by atoms with E-state index >= 15 is 0 Å². The van der Waals surface area contributed by atoms with E-state index in [0.717, 1.165) is 47.9 Å². The second-order valence-corrected chi connectivity index (χ2v) is 9.23. The van der Waals surface area contributed by atoms with Gasteiger partial charge in [-0.15, -0.1) is 0 Å². The van der Waals surface area contributed by atoms with Crippen LogP contribution in [-0.2, 0) is 24.2 Å². The lowest BCUT2D eigenvalue weighted by Gasteiger charge is -2.19. The first-order chi connectivity index (χ1) is 16.1. The summed E-state index contributed by atoms with van der Waals surface area (Å²) in [7, 11) is 0. The Morgan fingerprint density at radius 2 is 2.03 bits per heavy atom. The van der Waals surface area contributed by atoms with Crippen molar-refractivity contribution in [3.63, 3.8) is 0 Å². The number of nitrogens with two attached hydrogens (primary N) is 1. The molecule has 0 amide bonds. The van der Waals surface area contributed by atoms with Crippen molar-refractivity contribution >= 4 is 27.8 Å². The van der Waals surface area contributed by atoms with E-state index in [9.17, 15) is 10.2 Å². The number of rotatable bonds is 4. The van der Waals surface area contributed by atoms with E-state index in [0.29, 0.717) is 24.5 Å². The van der Waals surface area contributed by atoms with Crippen LogP contribution in [0.3, 0.4) is 0 Å². The number of anilines is 1. The van der Waals surface area contributed by atoms with Crippen LogP contribution in [0, 0.1) is 5.92 Å². The summed E-state index contributed by atoms with van der Waals surface area (Å²) in [5.74, 6) is 0.406. The molecule has 1 aliphatic heterocycles. The molecule has 2 aliphatic rings. The lowest BCUT2D eigenvalue weighted by atomic mass is 9.95. The highest BCUT2D eigenvalue weighted by atomic mass is 16.5. The number of hydrogen-bond donors (Lipinski definition) is 3. The predicted octanol–water partition coefficient (Wildman–Crippen LogP) is 2.55. The summed E-state index contributed by atoms with van der Waals surface area (Å²) in [5, 5.41) is 23.5. The molecule has 8 nitrogen and oxygen atoms in total. The van der Waals surface area contributed by atoms with Crippen LogP contribution in [0.4, 0.5) is 5.82 Å². The largest absolute Gasteiger partial charge is 0.390 e. The fourth-order valence-electron chi connectivity index (χ4n) is 5.42. The molecule has 0 bridgehead atoms. The minimum atomic E-state index is -0.855. The second kappa shape index (κ2) is 8.06. The maximum absolute atomic E-state index is 10.8. The van der Waals surface area contributed by atoms with E-state index in [4.69, 9.17) is 15.5 Å². The lowest BCUT2D eigenvalue weighted by molar-refractivity contribution is 0.00545. The topological polar surface area (TPSA) is 119 Å². The van der Waals surface area contributed by atoms with E-state index in [1.54, 1.807) is 0 Å².